The van der Waals surface area contributed by atoms with Gasteiger partial charge in [-0.15, -0.1) is 0 Å². The average molecular weight is 302 g/mol. The van der Waals surface area contributed by atoms with E-state index in [1.54, 1.807) is 7.05 Å². The summed E-state index contributed by atoms with van der Waals surface area (Å²) in [4.78, 5) is 24.6. The van der Waals surface area contributed by atoms with Crippen molar-refractivity contribution in [2.75, 3.05) is 27.3 Å². The lowest BCUT2D eigenvalue weighted by Gasteiger charge is -2.38. The maximum Gasteiger partial charge on any atom is 0.317 e. The summed E-state index contributed by atoms with van der Waals surface area (Å²) in [5, 5.41) is 21.6. The Morgan fingerprint density at radius 3 is 2.48 bits per heavy atom. The fraction of sp³-hybridized carbons (Fsp3) is 0.857. The highest BCUT2D eigenvalue weighted by Crippen LogP contribution is 2.31. The van der Waals surface area contributed by atoms with E-state index in [-0.39, 0.29) is 25.6 Å². The number of nitrogens with zero attached hydrogens (tertiary/aromatic N) is 1. The molecule has 21 heavy (non-hydrogen) atoms. The molecule has 1 aliphatic rings. The first-order chi connectivity index (χ1) is 9.88. The summed E-state index contributed by atoms with van der Waals surface area (Å²) in [7, 11) is 3.05. The molecule has 1 fully saturated rings. The van der Waals surface area contributed by atoms with Crippen molar-refractivity contribution >= 4 is 12.0 Å². The average Bonchev–Trinajstić information content (AvgIpc) is 2.38. The topological polar surface area (TPSA) is 99.1 Å². The van der Waals surface area contributed by atoms with E-state index < -0.39 is 17.6 Å². The number of carboxylic acids is 1. The second kappa shape index (κ2) is 8.19. The van der Waals surface area contributed by atoms with E-state index in [0.29, 0.717) is 12.8 Å². The highest BCUT2D eigenvalue weighted by Gasteiger charge is 2.36. The molecule has 0 bridgehead atoms. The largest absolute Gasteiger partial charge is 0.481 e. The smallest absolute Gasteiger partial charge is 0.317 e. The van der Waals surface area contributed by atoms with E-state index >= 15 is 0 Å². The van der Waals surface area contributed by atoms with Crippen LogP contribution in [0.5, 0.6) is 0 Å². The molecule has 1 saturated carbocycles. The minimum atomic E-state index is -0.903. The van der Waals surface area contributed by atoms with Gasteiger partial charge in [0, 0.05) is 14.2 Å². The van der Waals surface area contributed by atoms with Crippen LogP contribution in [0.3, 0.4) is 0 Å². The molecule has 0 aromatic heterocycles. The van der Waals surface area contributed by atoms with Crippen LogP contribution >= 0.6 is 0 Å². The van der Waals surface area contributed by atoms with Crippen LogP contribution in [0, 0.1) is 0 Å². The Bertz CT molecular complexity index is 355. The van der Waals surface area contributed by atoms with Crippen LogP contribution in [0.4, 0.5) is 4.79 Å². The normalized spacial score (nSPS) is 18.8. The van der Waals surface area contributed by atoms with Crippen LogP contribution in [-0.4, -0.2) is 66.1 Å². The standard InChI is InChI=1S/C14H26N2O5/c1-16(9-11(17)10-21-2)13(20)15-14(8-12(18)19)6-4-3-5-7-14/h11,17H,3-10H2,1-2H3,(H,15,20)(H,18,19). The molecule has 1 unspecified atom stereocenters. The fourth-order valence-corrected chi connectivity index (χ4v) is 2.83. The fourth-order valence-electron chi connectivity index (χ4n) is 2.83. The molecule has 0 saturated heterocycles. The lowest BCUT2D eigenvalue weighted by atomic mass is 9.79. The second-order valence-electron chi connectivity index (χ2n) is 5.83. The maximum atomic E-state index is 12.2. The van der Waals surface area contributed by atoms with Gasteiger partial charge in [-0.25, -0.2) is 4.79 Å². The van der Waals surface area contributed by atoms with E-state index in [1.165, 1.54) is 12.0 Å². The number of rotatable bonds is 7. The molecular weight excluding hydrogens is 276 g/mol. The Labute approximate surface area is 125 Å². The van der Waals surface area contributed by atoms with Gasteiger partial charge in [0.2, 0.25) is 0 Å². The first-order valence-corrected chi connectivity index (χ1v) is 7.30. The van der Waals surface area contributed by atoms with E-state index in [0.717, 1.165) is 19.3 Å². The summed E-state index contributed by atoms with van der Waals surface area (Å²) in [6.45, 7) is 0.292. The molecule has 1 atom stereocenters. The van der Waals surface area contributed by atoms with Gasteiger partial charge in [-0.2, -0.15) is 0 Å². The van der Waals surface area contributed by atoms with Gasteiger partial charge in [0.15, 0.2) is 0 Å². The number of hydrogen-bond acceptors (Lipinski definition) is 4. The summed E-state index contributed by atoms with van der Waals surface area (Å²) >= 11 is 0. The van der Waals surface area contributed by atoms with Crippen molar-refractivity contribution < 1.29 is 24.5 Å². The molecule has 0 heterocycles. The summed E-state index contributed by atoms with van der Waals surface area (Å²) in [5.41, 5.74) is -0.665. The molecule has 0 radical (unpaired) electrons. The predicted molar refractivity (Wildman–Crippen MR) is 77.1 cm³/mol. The predicted octanol–water partition coefficient (Wildman–Crippen LogP) is 0.813. The minimum absolute atomic E-state index is 0.0623. The van der Waals surface area contributed by atoms with Gasteiger partial charge in [0.25, 0.3) is 0 Å². The number of methoxy groups -OCH3 is 1. The van der Waals surface area contributed by atoms with Crippen molar-refractivity contribution in [3.8, 4) is 0 Å². The zero-order valence-electron chi connectivity index (χ0n) is 12.8. The number of aliphatic carboxylic acids is 1. The van der Waals surface area contributed by atoms with Crippen LogP contribution in [0.1, 0.15) is 38.5 Å². The van der Waals surface area contributed by atoms with Gasteiger partial charge >= 0.3 is 12.0 Å². The van der Waals surface area contributed by atoms with Gasteiger partial charge in [-0.05, 0) is 12.8 Å². The van der Waals surface area contributed by atoms with Crippen molar-refractivity contribution in [3.05, 3.63) is 0 Å². The number of carbonyl (C=O) groups excluding carboxylic acids is 1. The highest BCUT2D eigenvalue weighted by molar-refractivity contribution is 5.76. The summed E-state index contributed by atoms with van der Waals surface area (Å²) in [6, 6.07) is -0.353. The Kier molecular flexibility index (Phi) is 6.91. The van der Waals surface area contributed by atoms with Gasteiger partial charge in [-0.3, -0.25) is 4.79 Å². The summed E-state index contributed by atoms with van der Waals surface area (Å²) in [5.74, 6) is -0.903. The first kappa shape index (κ1) is 17.7. The number of carboxylic acid groups (broad SMARTS) is 1. The molecule has 3 N–H and O–H groups in total. The van der Waals surface area contributed by atoms with Crippen molar-refractivity contribution in [1.29, 1.82) is 0 Å². The number of likely N-dealkylation sites (N-methyl/N-ethyl adjacent to an activating group) is 1. The summed E-state index contributed by atoms with van der Waals surface area (Å²) in [6.07, 6.45) is 3.45. The van der Waals surface area contributed by atoms with E-state index in [1.807, 2.05) is 0 Å². The molecule has 122 valence electrons. The van der Waals surface area contributed by atoms with Crippen LogP contribution in [0.15, 0.2) is 0 Å². The highest BCUT2D eigenvalue weighted by atomic mass is 16.5. The van der Waals surface area contributed by atoms with Crippen LogP contribution in [-0.2, 0) is 9.53 Å². The number of aliphatic hydroxyl groups excluding tert-OH is 1. The molecule has 0 spiro atoms. The Balaban J connectivity index is 2.60. The number of ether oxygens (including phenoxy) is 1. The summed E-state index contributed by atoms with van der Waals surface area (Å²) < 4.78 is 4.82. The molecular formula is C14H26N2O5. The maximum absolute atomic E-state index is 12.2. The lowest BCUT2D eigenvalue weighted by molar-refractivity contribution is -0.139. The molecule has 0 aromatic carbocycles. The van der Waals surface area contributed by atoms with Crippen LogP contribution < -0.4 is 5.32 Å². The van der Waals surface area contributed by atoms with Gasteiger partial charge in [0.1, 0.15) is 0 Å². The van der Waals surface area contributed by atoms with Crippen LogP contribution in [0.2, 0.25) is 0 Å². The molecule has 0 aromatic rings. The van der Waals surface area contributed by atoms with E-state index in [9.17, 15) is 14.7 Å². The third-order valence-corrected chi connectivity index (χ3v) is 3.86. The molecule has 7 nitrogen and oxygen atoms in total. The molecule has 2 amide bonds. The van der Waals surface area contributed by atoms with Gasteiger partial charge < -0.3 is 25.2 Å². The first-order valence-electron chi connectivity index (χ1n) is 7.30. The molecule has 1 rings (SSSR count). The second-order valence-corrected chi connectivity index (χ2v) is 5.83. The van der Waals surface area contributed by atoms with E-state index in [4.69, 9.17) is 9.84 Å². The molecule has 7 heteroatoms. The number of carbonyl (C=O) groups is 2. The third kappa shape index (κ3) is 5.89. The van der Waals surface area contributed by atoms with Crippen molar-refractivity contribution in [2.45, 2.75) is 50.2 Å². The Morgan fingerprint density at radius 1 is 1.33 bits per heavy atom. The number of hydrogen-bond donors (Lipinski definition) is 3. The monoisotopic (exact) mass is 302 g/mol. The minimum Gasteiger partial charge on any atom is -0.481 e. The number of urea groups is 1. The zero-order chi connectivity index (χ0) is 15.9. The van der Waals surface area contributed by atoms with Crippen molar-refractivity contribution in [3.63, 3.8) is 0 Å². The van der Waals surface area contributed by atoms with E-state index in [2.05, 4.69) is 5.32 Å². The SMILES string of the molecule is COCC(O)CN(C)C(=O)NC1(CC(=O)O)CCCCC1. The quantitative estimate of drug-likeness (QED) is 0.646. The molecule has 1 aliphatic carbocycles. The van der Waals surface area contributed by atoms with Crippen LogP contribution in [0.25, 0.3) is 0 Å². The van der Waals surface area contributed by atoms with Crippen molar-refractivity contribution in [1.82, 2.24) is 10.2 Å². The number of nitrogens with one attached hydrogen (secondary N) is 1. The number of aliphatic hydroxyl groups is 1. The number of amides is 2. The third-order valence-electron chi connectivity index (χ3n) is 3.86. The Hall–Kier alpha value is -1.34. The lowest BCUT2D eigenvalue weighted by Crippen LogP contribution is -2.55. The van der Waals surface area contributed by atoms with Gasteiger partial charge in [-0.1, -0.05) is 19.3 Å². The van der Waals surface area contributed by atoms with Gasteiger partial charge in [0.05, 0.1) is 31.2 Å². The Morgan fingerprint density at radius 2 is 1.95 bits per heavy atom. The van der Waals surface area contributed by atoms with Crippen molar-refractivity contribution in [2.24, 2.45) is 0 Å². The zero-order valence-corrected chi connectivity index (χ0v) is 12.8. The molecule has 0 aliphatic heterocycles.